The van der Waals surface area contributed by atoms with Crippen LogP contribution in [0.3, 0.4) is 0 Å². The van der Waals surface area contributed by atoms with Crippen molar-refractivity contribution in [1.29, 1.82) is 0 Å². The molecule has 0 heterocycles. The molecule has 4 N–H and O–H groups in total. The van der Waals surface area contributed by atoms with Crippen LogP contribution in [-0.2, 0) is 11.2 Å². The first kappa shape index (κ1) is 14.1. The normalized spacial score (nSPS) is 14.5. The van der Waals surface area contributed by atoms with E-state index in [0.717, 1.165) is 8.83 Å². The number of aromatic hydroxyl groups is 1. The molecule has 0 saturated heterocycles. The van der Waals surface area contributed by atoms with Crippen LogP contribution >= 0.6 is 22.6 Å². The molecule has 6 heteroatoms. The van der Waals surface area contributed by atoms with Crippen LogP contribution in [0.5, 0.6) is 5.75 Å². The van der Waals surface area contributed by atoms with Crippen LogP contribution in [-0.4, -0.2) is 21.7 Å². The standard InChI is InChI=1S/C10H11AtINO3/c1-10(13,9(15)16)4-5-2-6(11)8(14)7(12)3-5/h2-3,14H,4,13H2,1H3,(H,15,16)/i11+1. The Morgan fingerprint density at radius 3 is 2.62 bits per heavy atom. The number of benzene rings is 1. The van der Waals surface area contributed by atoms with E-state index in [2.05, 4.69) is 0 Å². The third kappa shape index (κ3) is 3.28. The van der Waals surface area contributed by atoms with Gasteiger partial charge < -0.3 is 0 Å². The molecule has 88 valence electrons. The van der Waals surface area contributed by atoms with Crippen LogP contribution in [0.15, 0.2) is 12.1 Å². The summed E-state index contributed by atoms with van der Waals surface area (Å²) in [6, 6.07) is 3.54. The number of aliphatic carboxylic acids is 1. The summed E-state index contributed by atoms with van der Waals surface area (Å²) in [5.74, 6) is -0.770. The number of phenolic OH excluding ortho intramolecular Hbond substituents is 1. The van der Waals surface area contributed by atoms with E-state index in [1.165, 1.54) is 31.6 Å². The molecule has 1 aromatic carbocycles. The fraction of sp³-hybridized carbons (Fsp3) is 0.300. The summed E-state index contributed by atoms with van der Waals surface area (Å²) in [5.41, 5.74) is 5.22. The van der Waals surface area contributed by atoms with Crippen LogP contribution in [0, 0.1) is 28.3 Å². The zero-order valence-corrected chi connectivity index (χ0v) is 13.6. The SMILES string of the molecule is CC(N)(Cc1cc(I)c(O)c([211At])c1)C(=O)O. The molecule has 0 aliphatic carbocycles. The molecule has 0 aromatic heterocycles. The maximum atomic E-state index is 10.9. The third-order valence-electron chi connectivity index (χ3n) is 2.14. The van der Waals surface area contributed by atoms with Gasteiger partial charge in [0.25, 0.3) is 0 Å². The summed E-state index contributed by atoms with van der Waals surface area (Å²) in [5, 5.41) is 18.5. The number of nitrogens with two attached hydrogens (primary N) is 1. The number of carboxylic acid groups (broad SMARTS) is 1. The molecule has 0 radical (unpaired) electrons. The van der Waals surface area contributed by atoms with Crippen molar-refractivity contribution in [3.63, 3.8) is 0 Å². The molecule has 0 amide bonds. The molecule has 0 aliphatic rings. The van der Waals surface area contributed by atoms with Crippen LogP contribution in [0.25, 0.3) is 0 Å². The van der Waals surface area contributed by atoms with Gasteiger partial charge in [-0.25, -0.2) is 0 Å². The summed E-state index contributed by atoms with van der Waals surface area (Å²) in [6.07, 6.45) is 0.244. The first-order valence-corrected chi connectivity index (χ1v) is 6.98. The fourth-order valence-electron chi connectivity index (χ4n) is 1.22. The van der Waals surface area contributed by atoms with Gasteiger partial charge in [0.2, 0.25) is 0 Å². The summed E-state index contributed by atoms with van der Waals surface area (Å²) in [7, 11) is 0. The molecule has 0 spiro atoms. The summed E-state index contributed by atoms with van der Waals surface area (Å²) >= 11 is 3.37. The number of phenols is 1. The topological polar surface area (TPSA) is 83.5 Å². The van der Waals surface area contributed by atoms with Crippen LogP contribution in [0.1, 0.15) is 12.5 Å². The quantitative estimate of drug-likeness (QED) is 0.498. The molecule has 16 heavy (non-hydrogen) atoms. The third-order valence-corrected chi connectivity index (χ3v) is 4.08. The molecular weight excluding hydrogens is 520 g/mol. The first-order valence-electron chi connectivity index (χ1n) is 4.43. The second-order valence-electron chi connectivity index (χ2n) is 3.81. The molecule has 1 aromatic rings. The molecule has 1 atom stereocenters. The Morgan fingerprint density at radius 2 is 2.19 bits per heavy atom. The second-order valence-corrected chi connectivity index (χ2v) is 6.55. The van der Waals surface area contributed by atoms with E-state index in [-0.39, 0.29) is 12.2 Å². The van der Waals surface area contributed by atoms with E-state index < -0.39 is 11.5 Å². The van der Waals surface area contributed by atoms with Crippen LogP contribution in [0.4, 0.5) is 0 Å². The van der Waals surface area contributed by atoms with Crippen molar-refractivity contribution < 1.29 is 39.7 Å². The predicted molar refractivity (Wildman–Crippen MR) is 64.4 cm³/mol. The molecule has 0 aliphatic heterocycles. The van der Waals surface area contributed by atoms with E-state index in [1.54, 1.807) is 12.1 Å². The average Bonchev–Trinajstić information content (AvgIpc) is 2.13. The number of hydrogen-bond donors (Lipinski definition) is 3. The van der Waals surface area contributed by atoms with Gasteiger partial charge in [-0.3, -0.25) is 0 Å². The van der Waals surface area contributed by atoms with Crippen molar-refractivity contribution >= 4 is 31.8 Å². The molecule has 1 rings (SSSR count). The maximum absolute atomic E-state index is 10.9. The van der Waals surface area contributed by atoms with Crippen molar-refractivity contribution in [2.24, 2.45) is 5.73 Å². The Bertz CT molecular complexity index is 411. The van der Waals surface area contributed by atoms with Gasteiger partial charge in [-0.1, -0.05) is 0 Å². The number of halogens is 1. The molecule has 0 saturated carbocycles. The fourth-order valence-corrected chi connectivity index (χ4v) is 3.57. The van der Waals surface area contributed by atoms with Crippen molar-refractivity contribution in [1.82, 2.24) is 0 Å². The van der Waals surface area contributed by atoms with Gasteiger partial charge in [0, 0.05) is 0 Å². The van der Waals surface area contributed by atoms with Crippen molar-refractivity contribution in [3.8, 4) is 5.75 Å². The van der Waals surface area contributed by atoms with Gasteiger partial charge in [0.05, 0.1) is 0 Å². The second kappa shape index (κ2) is 5.14. The van der Waals surface area contributed by atoms with Crippen LogP contribution in [0.2, 0.25) is 0 Å². The minimum absolute atomic E-state index is 0.244. The zero-order valence-electron chi connectivity index (χ0n) is 8.50. The number of hydrogen-bond acceptors (Lipinski definition) is 3. The van der Waals surface area contributed by atoms with Gasteiger partial charge >= 0.3 is 123 Å². The molecular formula is C10H11AtINO3. The van der Waals surface area contributed by atoms with E-state index >= 15 is 0 Å². The van der Waals surface area contributed by atoms with Crippen molar-refractivity contribution in [3.05, 3.63) is 21.3 Å². The van der Waals surface area contributed by atoms with Gasteiger partial charge in [0.15, 0.2) is 0 Å². The van der Waals surface area contributed by atoms with Gasteiger partial charge in [0.1, 0.15) is 0 Å². The molecule has 1 unspecified atom stereocenters. The van der Waals surface area contributed by atoms with E-state index in [9.17, 15) is 9.90 Å². The molecule has 0 fully saturated rings. The van der Waals surface area contributed by atoms with Crippen molar-refractivity contribution in [2.45, 2.75) is 18.9 Å². The Labute approximate surface area is 122 Å². The van der Waals surface area contributed by atoms with Crippen LogP contribution < -0.4 is 9.01 Å². The van der Waals surface area contributed by atoms with E-state index in [1.807, 2.05) is 22.6 Å². The van der Waals surface area contributed by atoms with Gasteiger partial charge in [-0.15, -0.1) is 0 Å². The summed E-state index contributed by atoms with van der Waals surface area (Å²) in [4.78, 5) is 10.9. The Morgan fingerprint density at radius 1 is 1.62 bits per heavy atom. The van der Waals surface area contributed by atoms with Crippen molar-refractivity contribution in [2.75, 3.05) is 0 Å². The van der Waals surface area contributed by atoms with E-state index in [4.69, 9.17) is 10.8 Å². The van der Waals surface area contributed by atoms with Gasteiger partial charge in [-0.2, -0.15) is 0 Å². The molecule has 0 bridgehead atoms. The Kier molecular flexibility index (Phi) is 4.54. The molecule has 4 nitrogen and oxygen atoms in total. The average molecular weight is 531 g/mol. The summed E-state index contributed by atoms with van der Waals surface area (Å²) < 4.78 is 1.50. The number of carboxylic acids is 1. The Hall–Kier alpha value is 0.0631. The monoisotopic (exact) mass is 531 g/mol. The minimum atomic E-state index is -1.28. The van der Waals surface area contributed by atoms with Gasteiger partial charge in [-0.05, 0) is 0 Å². The Balaban J connectivity index is 3.04. The summed E-state index contributed by atoms with van der Waals surface area (Å²) in [6.45, 7) is 1.48. The van der Waals surface area contributed by atoms with E-state index in [0.29, 0.717) is 3.57 Å². The predicted octanol–water partition coefficient (Wildman–Crippen LogP) is 0.516. The first-order chi connectivity index (χ1) is 7.24. The zero-order chi connectivity index (χ0) is 12.5. The number of carbonyl (C=O) groups is 1. The number of rotatable bonds is 3.